The lowest BCUT2D eigenvalue weighted by atomic mass is 10.1. The molecule has 0 saturated heterocycles. The first kappa shape index (κ1) is 19.7. The molecule has 0 radical (unpaired) electrons. The van der Waals surface area contributed by atoms with Gasteiger partial charge < -0.3 is 4.90 Å². The Morgan fingerprint density at radius 1 is 0.600 bits per heavy atom. The van der Waals surface area contributed by atoms with Gasteiger partial charge in [0.2, 0.25) is 0 Å². The predicted octanol–water partition coefficient (Wildman–Crippen LogP) is 6.20. The smallest absolute Gasteiger partial charge is 0.00248 e. The third-order valence-corrected chi connectivity index (χ3v) is 3.87. The second-order valence-corrected chi connectivity index (χ2v) is 6.39. The van der Waals surface area contributed by atoms with E-state index in [4.69, 9.17) is 0 Å². The highest BCUT2D eigenvalue weighted by molar-refractivity contribution is 4.81. The molecule has 0 unspecified atom stereocenters. The predicted molar refractivity (Wildman–Crippen MR) is 93.4 cm³/mol. The van der Waals surface area contributed by atoms with Gasteiger partial charge in [-0.3, -0.25) is 0 Å². The molecule has 0 rings (SSSR count). The van der Waals surface area contributed by atoms with Crippen LogP contribution >= 0.6 is 0 Å². The fourth-order valence-corrected chi connectivity index (χ4v) is 2.50. The molecule has 0 aliphatic rings. The summed E-state index contributed by atoms with van der Waals surface area (Å²) in [5.41, 5.74) is 0. The molecule has 0 aromatic carbocycles. The van der Waals surface area contributed by atoms with Crippen LogP contribution in [0.15, 0.2) is 12.2 Å². The molecule has 0 saturated carbocycles. The van der Waals surface area contributed by atoms with Gasteiger partial charge in [0.15, 0.2) is 0 Å². The van der Waals surface area contributed by atoms with E-state index in [1.807, 2.05) is 0 Å². The van der Waals surface area contributed by atoms with Crippen LogP contribution in [0.2, 0.25) is 0 Å². The summed E-state index contributed by atoms with van der Waals surface area (Å²) in [6.45, 7) is 3.53. The lowest BCUT2D eigenvalue weighted by Crippen LogP contribution is -2.12. The summed E-state index contributed by atoms with van der Waals surface area (Å²) in [6, 6.07) is 0. The molecule has 0 aromatic heterocycles. The molecule has 0 aromatic rings. The Morgan fingerprint density at radius 3 is 1.55 bits per heavy atom. The normalized spacial score (nSPS) is 11.8. The van der Waals surface area contributed by atoms with E-state index in [-0.39, 0.29) is 0 Å². The maximum atomic E-state index is 2.41. The van der Waals surface area contributed by atoms with Crippen molar-refractivity contribution < 1.29 is 0 Å². The summed E-state index contributed by atoms with van der Waals surface area (Å²) in [4.78, 5) is 2.29. The first-order chi connectivity index (χ1) is 9.77. The summed E-state index contributed by atoms with van der Waals surface area (Å²) < 4.78 is 0. The van der Waals surface area contributed by atoms with E-state index < -0.39 is 0 Å². The maximum absolute atomic E-state index is 2.41. The Balaban J connectivity index is 3.03. The standard InChI is InChI=1S/C19H39N/c1-4-5-6-7-8-9-10-11-12-13-14-15-16-17-18-19-20(2)3/h9-10H,4-8,11-19H2,1-3H3/b10-9+. The maximum Gasteiger partial charge on any atom is -0.00248 e. The largest absolute Gasteiger partial charge is 0.309 e. The molecule has 0 spiro atoms. The molecule has 0 aliphatic heterocycles. The number of rotatable bonds is 15. The van der Waals surface area contributed by atoms with Gasteiger partial charge in [0.25, 0.3) is 0 Å². The van der Waals surface area contributed by atoms with E-state index in [0.717, 1.165) is 0 Å². The Kier molecular flexibility index (Phi) is 16.5. The highest BCUT2D eigenvalue weighted by Gasteiger charge is 1.93. The second kappa shape index (κ2) is 16.8. The molecule has 0 heterocycles. The summed E-state index contributed by atoms with van der Waals surface area (Å²) in [5.74, 6) is 0. The lowest BCUT2D eigenvalue weighted by molar-refractivity contribution is 0.389. The molecule has 0 bridgehead atoms. The minimum Gasteiger partial charge on any atom is -0.309 e. The van der Waals surface area contributed by atoms with Gasteiger partial charge in [0.1, 0.15) is 0 Å². The van der Waals surface area contributed by atoms with Crippen LogP contribution < -0.4 is 0 Å². The summed E-state index contributed by atoms with van der Waals surface area (Å²) in [6.07, 6.45) is 22.9. The molecule has 1 heteroatoms. The zero-order valence-corrected chi connectivity index (χ0v) is 14.5. The fraction of sp³-hybridized carbons (Fsp3) is 0.895. The van der Waals surface area contributed by atoms with Crippen molar-refractivity contribution in [2.24, 2.45) is 0 Å². The Bertz CT molecular complexity index is 196. The van der Waals surface area contributed by atoms with Crippen LogP contribution in [-0.2, 0) is 0 Å². The topological polar surface area (TPSA) is 3.24 Å². The quantitative estimate of drug-likeness (QED) is 0.255. The van der Waals surface area contributed by atoms with E-state index in [1.54, 1.807) is 0 Å². The van der Waals surface area contributed by atoms with Crippen molar-refractivity contribution in [1.29, 1.82) is 0 Å². The lowest BCUT2D eigenvalue weighted by Gasteiger charge is -2.08. The highest BCUT2D eigenvalue weighted by atomic mass is 15.0. The number of hydrogen-bond acceptors (Lipinski definition) is 1. The van der Waals surface area contributed by atoms with Crippen LogP contribution in [0.1, 0.15) is 90.4 Å². The van der Waals surface area contributed by atoms with Gasteiger partial charge in [-0.2, -0.15) is 0 Å². The summed E-state index contributed by atoms with van der Waals surface area (Å²) in [7, 11) is 4.33. The van der Waals surface area contributed by atoms with Crippen LogP contribution in [0.5, 0.6) is 0 Å². The minimum atomic E-state index is 1.25. The third kappa shape index (κ3) is 17.7. The molecule has 0 amide bonds. The zero-order valence-electron chi connectivity index (χ0n) is 14.5. The van der Waals surface area contributed by atoms with Crippen molar-refractivity contribution in [3.05, 3.63) is 12.2 Å². The fourth-order valence-electron chi connectivity index (χ4n) is 2.50. The van der Waals surface area contributed by atoms with Crippen LogP contribution in [-0.4, -0.2) is 25.5 Å². The van der Waals surface area contributed by atoms with E-state index >= 15 is 0 Å². The SMILES string of the molecule is CCCCCC/C=C/CCCCCCCCCN(C)C. The molecule has 0 N–H and O–H groups in total. The Hall–Kier alpha value is -0.300. The van der Waals surface area contributed by atoms with Crippen LogP contribution in [0.4, 0.5) is 0 Å². The average molecular weight is 282 g/mol. The molecule has 0 aliphatic carbocycles. The Labute approximate surface area is 128 Å². The van der Waals surface area contributed by atoms with Gasteiger partial charge in [0, 0.05) is 0 Å². The molecule has 120 valence electrons. The molecule has 0 fully saturated rings. The number of allylic oxidation sites excluding steroid dienone is 2. The molecule has 0 atom stereocenters. The van der Waals surface area contributed by atoms with Gasteiger partial charge in [-0.1, -0.05) is 70.4 Å². The number of unbranched alkanes of at least 4 members (excludes halogenated alkanes) is 11. The van der Waals surface area contributed by atoms with E-state index in [1.165, 1.54) is 90.0 Å². The van der Waals surface area contributed by atoms with Crippen molar-refractivity contribution in [1.82, 2.24) is 4.90 Å². The van der Waals surface area contributed by atoms with Crippen LogP contribution in [0.25, 0.3) is 0 Å². The van der Waals surface area contributed by atoms with Gasteiger partial charge >= 0.3 is 0 Å². The van der Waals surface area contributed by atoms with Gasteiger partial charge in [-0.05, 0) is 52.7 Å². The summed E-state index contributed by atoms with van der Waals surface area (Å²) in [5, 5.41) is 0. The first-order valence-electron chi connectivity index (χ1n) is 9.07. The van der Waals surface area contributed by atoms with Crippen molar-refractivity contribution in [2.45, 2.75) is 90.4 Å². The average Bonchev–Trinajstić information content (AvgIpc) is 2.43. The monoisotopic (exact) mass is 281 g/mol. The molecule has 20 heavy (non-hydrogen) atoms. The molecular formula is C19H39N. The molecular weight excluding hydrogens is 242 g/mol. The minimum absolute atomic E-state index is 1.25. The van der Waals surface area contributed by atoms with Gasteiger partial charge in [-0.25, -0.2) is 0 Å². The highest BCUT2D eigenvalue weighted by Crippen LogP contribution is 2.09. The van der Waals surface area contributed by atoms with Crippen molar-refractivity contribution in [2.75, 3.05) is 20.6 Å². The van der Waals surface area contributed by atoms with Crippen LogP contribution in [0.3, 0.4) is 0 Å². The van der Waals surface area contributed by atoms with Gasteiger partial charge in [0.05, 0.1) is 0 Å². The van der Waals surface area contributed by atoms with Crippen molar-refractivity contribution >= 4 is 0 Å². The Morgan fingerprint density at radius 2 is 1.05 bits per heavy atom. The number of nitrogens with zero attached hydrogens (tertiary/aromatic N) is 1. The number of hydrogen-bond donors (Lipinski definition) is 0. The molecule has 1 nitrogen and oxygen atoms in total. The second-order valence-electron chi connectivity index (χ2n) is 6.39. The third-order valence-electron chi connectivity index (χ3n) is 3.87. The van der Waals surface area contributed by atoms with Crippen LogP contribution in [0, 0.1) is 0 Å². The van der Waals surface area contributed by atoms with Gasteiger partial charge in [-0.15, -0.1) is 0 Å². The van der Waals surface area contributed by atoms with E-state index in [9.17, 15) is 0 Å². The van der Waals surface area contributed by atoms with E-state index in [2.05, 4.69) is 38.1 Å². The summed E-state index contributed by atoms with van der Waals surface area (Å²) >= 11 is 0. The van der Waals surface area contributed by atoms with E-state index in [0.29, 0.717) is 0 Å². The first-order valence-corrected chi connectivity index (χ1v) is 9.07. The van der Waals surface area contributed by atoms with Crippen molar-refractivity contribution in [3.8, 4) is 0 Å². The van der Waals surface area contributed by atoms with Crippen molar-refractivity contribution in [3.63, 3.8) is 0 Å². The zero-order chi connectivity index (χ0) is 14.9.